The zero-order valence-corrected chi connectivity index (χ0v) is 11.2. The molecule has 0 N–H and O–H groups in total. The lowest BCUT2D eigenvalue weighted by molar-refractivity contribution is -0.384. The van der Waals surface area contributed by atoms with E-state index in [1.165, 1.54) is 16.8 Å². The molecule has 0 radical (unpaired) electrons. The SMILES string of the molecule is CCCc1c(C=O)nnn1-c1cc([N+](=O)[O-])ccc1C. The topological polar surface area (TPSA) is 90.9 Å². The van der Waals surface area contributed by atoms with E-state index in [0.29, 0.717) is 24.1 Å². The van der Waals surface area contributed by atoms with Crippen molar-refractivity contribution in [1.82, 2.24) is 15.0 Å². The summed E-state index contributed by atoms with van der Waals surface area (Å²) in [6, 6.07) is 4.54. The number of hydrogen-bond donors (Lipinski definition) is 0. The molecule has 2 aromatic rings. The van der Waals surface area contributed by atoms with Gasteiger partial charge in [-0.1, -0.05) is 24.6 Å². The third-order valence-corrected chi connectivity index (χ3v) is 3.02. The van der Waals surface area contributed by atoms with Crippen LogP contribution in [-0.4, -0.2) is 26.2 Å². The predicted octanol–water partition coefficient (Wildman–Crippen LogP) is 2.25. The molecule has 2 rings (SSSR count). The van der Waals surface area contributed by atoms with E-state index in [-0.39, 0.29) is 11.4 Å². The fraction of sp³-hybridized carbons (Fsp3) is 0.308. The molecule has 104 valence electrons. The summed E-state index contributed by atoms with van der Waals surface area (Å²) in [6.07, 6.45) is 2.10. The Hall–Kier alpha value is -2.57. The third kappa shape index (κ3) is 2.42. The quantitative estimate of drug-likeness (QED) is 0.473. The zero-order chi connectivity index (χ0) is 14.7. The highest BCUT2D eigenvalue weighted by Gasteiger charge is 2.17. The molecule has 0 aliphatic rings. The molecule has 0 saturated carbocycles. The zero-order valence-electron chi connectivity index (χ0n) is 11.2. The Balaban J connectivity index is 2.61. The smallest absolute Gasteiger partial charge is 0.271 e. The molecule has 7 nitrogen and oxygen atoms in total. The van der Waals surface area contributed by atoms with Crippen molar-refractivity contribution in [3.63, 3.8) is 0 Å². The molecular weight excluding hydrogens is 260 g/mol. The minimum atomic E-state index is -0.458. The van der Waals surface area contributed by atoms with E-state index in [1.807, 2.05) is 13.8 Å². The van der Waals surface area contributed by atoms with Gasteiger partial charge in [-0.15, -0.1) is 5.10 Å². The minimum absolute atomic E-state index is 0.0174. The second-order valence-corrected chi connectivity index (χ2v) is 4.43. The highest BCUT2D eigenvalue weighted by molar-refractivity contribution is 5.73. The minimum Gasteiger partial charge on any atom is -0.296 e. The van der Waals surface area contributed by atoms with Gasteiger partial charge in [-0.05, 0) is 18.9 Å². The first-order chi connectivity index (χ1) is 9.58. The highest BCUT2D eigenvalue weighted by atomic mass is 16.6. The maximum Gasteiger partial charge on any atom is 0.271 e. The van der Waals surface area contributed by atoms with Crippen molar-refractivity contribution in [2.45, 2.75) is 26.7 Å². The lowest BCUT2D eigenvalue weighted by atomic mass is 10.1. The van der Waals surface area contributed by atoms with Crippen LogP contribution >= 0.6 is 0 Å². The lowest BCUT2D eigenvalue weighted by Crippen LogP contribution is -2.06. The van der Waals surface area contributed by atoms with E-state index in [2.05, 4.69) is 10.3 Å². The number of nitro groups is 1. The van der Waals surface area contributed by atoms with Gasteiger partial charge < -0.3 is 0 Å². The van der Waals surface area contributed by atoms with Gasteiger partial charge >= 0.3 is 0 Å². The van der Waals surface area contributed by atoms with E-state index in [4.69, 9.17) is 0 Å². The number of aldehydes is 1. The van der Waals surface area contributed by atoms with Gasteiger partial charge in [0.25, 0.3) is 5.69 Å². The molecule has 0 aliphatic heterocycles. The van der Waals surface area contributed by atoms with Crippen LogP contribution in [0.25, 0.3) is 5.69 Å². The number of nitrogens with zero attached hydrogens (tertiary/aromatic N) is 4. The van der Waals surface area contributed by atoms with Crippen LogP contribution in [-0.2, 0) is 6.42 Å². The molecule has 0 aliphatic carbocycles. The van der Waals surface area contributed by atoms with Crippen molar-refractivity contribution in [2.75, 3.05) is 0 Å². The molecular formula is C13H14N4O3. The molecule has 0 saturated heterocycles. The lowest BCUT2D eigenvalue weighted by Gasteiger charge is -2.08. The van der Waals surface area contributed by atoms with Gasteiger partial charge in [0.1, 0.15) is 5.69 Å². The van der Waals surface area contributed by atoms with Gasteiger partial charge in [-0.25, -0.2) is 4.68 Å². The third-order valence-electron chi connectivity index (χ3n) is 3.02. The largest absolute Gasteiger partial charge is 0.296 e. The van der Waals surface area contributed by atoms with Crippen LogP contribution in [0.1, 0.15) is 35.1 Å². The summed E-state index contributed by atoms with van der Waals surface area (Å²) in [6.45, 7) is 3.81. The van der Waals surface area contributed by atoms with Crippen LogP contribution in [0.3, 0.4) is 0 Å². The molecule has 0 fully saturated rings. The van der Waals surface area contributed by atoms with Crippen LogP contribution in [0.15, 0.2) is 18.2 Å². The number of carbonyl (C=O) groups excluding carboxylic acids is 1. The molecule has 0 unspecified atom stereocenters. The van der Waals surface area contributed by atoms with Crippen LogP contribution in [0.5, 0.6) is 0 Å². The second kappa shape index (κ2) is 5.60. The van der Waals surface area contributed by atoms with Crippen LogP contribution < -0.4 is 0 Å². The second-order valence-electron chi connectivity index (χ2n) is 4.43. The van der Waals surface area contributed by atoms with Crippen molar-refractivity contribution >= 4 is 12.0 Å². The summed E-state index contributed by atoms with van der Waals surface area (Å²) in [7, 11) is 0. The van der Waals surface area contributed by atoms with Crippen molar-refractivity contribution in [2.24, 2.45) is 0 Å². The van der Waals surface area contributed by atoms with Gasteiger partial charge in [-0.2, -0.15) is 0 Å². The number of nitro benzene ring substituents is 1. The first-order valence-electron chi connectivity index (χ1n) is 6.23. The van der Waals surface area contributed by atoms with E-state index in [0.717, 1.165) is 12.0 Å². The van der Waals surface area contributed by atoms with E-state index in [9.17, 15) is 14.9 Å². The predicted molar refractivity (Wildman–Crippen MR) is 72.1 cm³/mol. The molecule has 0 atom stereocenters. The van der Waals surface area contributed by atoms with Gasteiger partial charge in [0, 0.05) is 12.1 Å². The Bertz CT molecular complexity index is 664. The maximum atomic E-state index is 11.0. The molecule has 20 heavy (non-hydrogen) atoms. The van der Waals surface area contributed by atoms with Crippen molar-refractivity contribution in [3.8, 4) is 5.69 Å². The Morgan fingerprint density at radius 2 is 2.20 bits per heavy atom. The van der Waals surface area contributed by atoms with Gasteiger partial charge in [0.05, 0.1) is 16.3 Å². The van der Waals surface area contributed by atoms with E-state index < -0.39 is 4.92 Å². The average molecular weight is 274 g/mol. The summed E-state index contributed by atoms with van der Waals surface area (Å²) in [4.78, 5) is 21.4. The maximum absolute atomic E-state index is 11.0. The fourth-order valence-electron chi connectivity index (χ4n) is 2.01. The first-order valence-corrected chi connectivity index (χ1v) is 6.23. The fourth-order valence-corrected chi connectivity index (χ4v) is 2.01. The van der Waals surface area contributed by atoms with E-state index in [1.54, 1.807) is 6.07 Å². The molecule has 1 aromatic carbocycles. The Labute approximate surface area is 115 Å². The Morgan fingerprint density at radius 3 is 2.80 bits per heavy atom. The summed E-state index contributed by atoms with van der Waals surface area (Å²) >= 11 is 0. The molecule has 0 bridgehead atoms. The van der Waals surface area contributed by atoms with Crippen molar-refractivity contribution in [1.29, 1.82) is 0 Å². The number of benzene rings is 1. The number of non-ortho nitro benzene ring substituents is 1. The van der Waals surface area contributed by atoms with Gasteiger partial charge in [0.2, 0.25) is 0 Å². The van der Waals surface area contributed by atoms with Crippen molar-refractivity contribution in [3.05, 3.63) is 45.3 Å². The molecule has 0 spiro atoms. The first kappa shape index (κ1) is 13.9. The van der Waals surface area contributed by atoms with Crippen molar-refractivity contribution < 1.29 is 9.72 Å². The van der Waals surface area contributed by atoms with Gasteiger partial charge in [-0.3, -0.25) is 14.9 Å². The number of aryl methyl sites for hydroxylation is 1. The highest BCUT2D eigenvalue weighted by Crippen LogP contribution is 2.22. The van der Waals surface area contributed by atoms with Gasteiger partial charge in [0.15, 0.2) is 6.29 Å². The van der Waals surface area contributed by atoms with Crippen LogP contribution in [0.4, 0.5) is 5.69 Å². The summed E-state index contributed by atoms with van der Waals surface area (Å²) in [5.74, 6) is 0. The van der Waals surface area contributed by atoms with Crippen LogP contribution in [0.2, 0.25) is 0 Å². The normalized spacial score (nSPS) is 10.5. The van der Waals surface area contributed by atoms with Crippen LogP contribution in [0, 0.1) is 17.0 Å². The average Bonchev–Trinajstić information content (AvgIpc) is 2.82. The number of rotatable bonds is 5. The molecule has 1 aromatic heterocycles. The number of aromatic nitrogens is 3. The summed E-state index contributed by atoms with van der Waals surface area (Å²) in [5.41, 5.74) is 2.33. The Morgan fingerprint density at radius 1 is 1.45 bits per heavy atom. The standard InChI is InChI=1S/C13H14N4O3/c1-3-4-12-11(8-18)14-15-16(12)13-7-10(17(19)20)6-5-9(13)2/h5-8H,3-4H2,1-2H3. The summed E-state index contributed by atoms with van der Waals surface area (Å²) in [5, 5.41) is 18.6. The Kier molecular flexibility index (Phi) is 3.88. The summed E-state index contributed by atoms with van der Waals surface area (Å²) < 4.78 is 1.51. The molecule has 0 amide bonds. The molecule has 1 heterocycles. The number of carbonyl (C=O) groups is 1. The monoisotopic (exact) mass is 274 g/mol. The van der Waals surface area contributed by atoms with E-state index >= 15 is 0 Å². The number of hydrogen-bond acceptors (Lipinski definition) is 5. The molecule has 7 heteroatoms.